The summed E-state index contributed by atoms with van der Waals surface area (Å²) in [6, 6.07) is 15.4. The van der Waals surface area contributed by atoms with Crippen molar-refractivity contribution in [1.82, 2.24) is 10.6 Å². The molecule has 0 aliphatic rings. The van der Waals surface area contributed by atoms with Gasteiger partial charge in [0.15, 0.2) is 0 Å². The maximum atomic E-state index is 12.1. The average Bonchev–Trinajstić information content (AvgIpc) is 2.65. The zero-order valence-corrected chi connectivity index (χ0v) is 14.8. The second kappa shape index (κ2) is 9.36. The number of carbonyl (C=O) groups is 3. The number of esters is 1. The summed E-state index contributed by atoms with van der Waals surface area (Å²) in [5.41, 5.74) is 2.44. The van der Waals surface area contributed by atoms with Crippen LogP contribution in [0.4, 0.5) is 0 Å². The second-order valence-electron chi connectivity index (χ2n) is 5.89. The Morgan fingerprint density at radius 3 is 2.42 bits per heavy atom. The molecule has 0 fully saturated rings. The van der Waals surface area contributed by atoms with Crippen LogP contribution < -0.4 is 10.6 Å². The summed E-state index contributed by atoms with van der Waals surface area (Å²) in [5, 5.41) is 5.15. The Hall–Kier alpha value is -3.15. The summed E-state index contributed by atoms with van der Waals surface area (Å²) in [4.78, 5) is 36.1. The minimum atomic E-state index is -0.817. The van der Waals surface area contributed by atoms with Crippen LogP contribution in [0.2, 0.25) is 0 Å². The standard InChI is InChI=1S/C20H22N2O4/c1-14-7-6-8-15(11-14)12-17(20(25)26-2)22-18(23)13-21-19(24)16-9-4-3-5-10-16/h3-11,17H,12-13H2,1-2H3,(H,21,24)(H,22,23)/t17-/m0/s1. The highest BCUT2D eigenvalue weighted by atomic mass is 16.5. The lowest BCUT2D eigenvalue weighted by atomic mass is 10.0. The van der Waals surface area contributed by atoms with Gasteiger partial charge in [0.05, 0.1) is 13.7 Å². The molecule has 2 amide bonds. The Morgan fingerprint density at radius 2 is 1.77 bits per heavy atom. The van der Waals surface area contributed by atoms with Crippen LogP contribution in [0, 0.1) is 6.92 Å². The van der Waals surface area contributed by atoms with Crippen LogP contribution in [-0.2, 0) is 20.7 Å². The molecule has 0 heterocycles. The smallest absolute Gasteiger partial charge is 0.328 e. The molecule has 0 aliphatic heterocycles. The van der Waals surface area contributed by atoms with E-state index in [0.717, 1.165) is 11.1 Å². The minimum Gasteiger partial charge on any atom is -0.467 e. The van der Waals surface area contributed by atoms with Crippen molar-refractivity contribution in [2.45, 2.75) is 19.4 Å². The number of aryl methyl sites for hydroxylation is 1. The average molecular weight is 354 g/mol. The normalized spacial score (nSPS) is 11.3. The molecule has 6 nitrogen and oxygen atoms in total. The molecule has 6 heteroatoms. The highest BCUT2D eigenvalue weighted by molar-refractivity contribution is 5.96. The van der Waals surface area contributed by atoms with Gasteiger partial charge in [0, 0.05) is 12.0 Å². The van der Waals surface area contributed by atoms with E-state index in [4.69, 9.17) is 4.74 Å². The van der Waals surface area contributed by atoms with Crippen LogP contribution in [0.3, 0.4) is 0 Å². The van der Waals surface area contributed by atoms with Gasteiger partial charge in [-0.2, -0.15) is 0 Å². The molecule has 0 saturated carbocycles. The van der Waals surface area contributed by atoms with E-state index < -0.39 is 17.9 Å². The zero-order chi connectivity index (χ0) is 18.9. The van der Waals surface area contributed by atoms with Gasteiger partial charge in [-0.1, -0.05) is 48.0 Å². The molecule has 0 aliphatic carbocycles. The zero-order valence-electron chi connectivity index (χ0n) is 14.8. The molecule has 2 N–H and O–H groups in total. The van der Waals surface area contributed by atoms with Gasteiger partial charge in [-0.3, -0.25) is 9.59 Å². The lowest BCUT2D eigenvalue weighted by Gasteiger charge is -2.17. The van der Waals surface area contributed by atoms with E-state index in [9.17, 15) is 14.4 Å². The van der Waals surface area contributed by atoms with Crippen molar-refractivity contribution in [3.05, 3.63) is 71.3 Å². The number of amides is 2. The van der Waals surface area contributed by atoms with Crippen molar-refractivity contribution in [3.8, 4) is 0 Å². The fraction of sp³-hybridized carbons (Fsp3) is 0.250. The van der Waals surface area contributed by atoms with Gasteiger partial charge in [-0.05, 0) is 24.6 Å². The van der Waals surface area contributed by atoms with E-state index in [2.05, 4.69) is 10.6 Å². The molecule has 26 heavy (non-hydrogen) atoms. The molecule has 0 radical (unpaired) electrons. The van der Waals surface area contributed by atoms with Gasteiger partial charge in [0.1, 0.15) is 6.04 Å². The molecule has 0 saturated heterocycles. The summed E-state index contributed by atoms with van der Waals surface area (Å²) >= 11 is 0. The van der Waals surface area contributed by atoms with Crippen LogP contribution in [0.1, 0.15) is 21.5 Å². The molecule has 2 aromatic rings. The van der Waals surface area contributed by atoms with Crippen LogP contribution in [0.15, 0.2) is 54.6 Å². The number of methoxy groups -OCH3 is 1. The summed E-state index contributed by atoms with van der Waals surface area (Å²) in [6.07, 6.45) is 0.312. The third-order valence-electron chi connectivity index (χ3n) is 3.79. The summed E-state index contributed by atoms with van der Waals surface area (Å²) in [5.74, 6) is -1.35. The summed E-state index contributed by atoms with van der Waals surface area (Å²) in [6.45, 7) is 1.73. The number of ether oxygens (including phenoxy) is 1. The molecular formula is C20H22N2O4. The van der Waals surface area contributed by atoms with E-state index in [0.29, 0.717) is 12.0 Å². The Kier molecular flexibility index (Phi) is 6.91. The Bertz CT molecular complexity index is 774. The second-order valence-corrected chi connectivity index (χ2v) is 5.89. The first-order chi connectivity index (χ1) is 12.5. The fourth-order valence-electron chi connectivity index (χ4n) is 2.51. The van der Waals surface area contributed by atoms with E-state index in [1.807, 2.05) is 31.2 Å². The first kappa shape index (κ1) is 19.2. The maximum absolute atomic E-state index is 12.1. The fourth-order valence-corrected chi connectivity index (χ4v) is 2.51. The Balaban J connectivity index is 1.93. The topological polar surface area (TPSA) is 84.5 Å². The first-order valence-electron chi connectivity index (χ1n) is 8.25. The predicted molar refractivity (Wildman–Crippen MR) is 97.6 cm³/mol. The molecule has 0 spiro atoms. The lowest BCUT2D eigenvalue weighted by molar-refractivity contribution is -0.144. The Morgan fingerprint density at radius 1 is 1.04 bits per heavy atom. The first-order valence-corrected chi connectivity index (χ1v) is 8.25. The van der Waals surface area contributed by atoms with Crippen molar-refractivity contribution in [2.24, 2.45) is 0 Å². The highest BCUT2D eigenvalue weighted by Crippen LogP contribution is 2.08. The van der Waals surface area contributed by atoms with Gasteiger partial charge in [-0.15, -0.1) is 0 Å². The molecule has 0 bridgehead atoms. The van der Waals surface area contributed by atoms with E-state index in [1.54, 1.807) is 30.3 Å². The van der Waals surface area contributed by atoms with Crippen LogP contribution in [0.25, 0.3) is 0 Å². The molecule has 1 atom stereocenters. The third kappa shape index (κ3) is 5.73. The van der Waals surface area contributed by atoms with E-state index in [-0.39, 0.29) is 12.5 Å². The Labute approximate surface area is 152 Å². The van der Waals surface area contributed by atoms with Gasteiger partial charge >= 0.3 is 5.97 Å². The van der Waals surface area contributed by atoms with Gasteiger partial charge in [0.25, 0.3) is 5.91 Å². The quantitative estimate of drug-likeness (QED) is 0.740. The lowest BCUT2D eigenvalue weighted by Crippen LogP contribution is -2.47. The van der Waals surface area contributed by atoms with Gasteiger partial charge in [-0.25, -0.2) is 4.79 Å². The van der Waals surface area contributed by atoms with Crippen molar-refractivity contribution in [3.63, 3.8) is 0 Å². The number of nitrogens with one attached hydrogen (secondary N) is 2. The van der Waals surface area contributed by atoms with Crippen molar-refractivity contribution < 1.29 is 19.1 Å². The molecule has 0 unspecified atom stereocenters. The van der Waals surface area contributed by atoms with Crippen LogP contribution in [-0.4, -0.2) is 37.5 Å². The van der Waals surface area contributed by atoms with Crippen molar-refractivity contribution >= 4 is 17.8 Å². The minimum absolute atomic E-state index is 0.227. The monoisotopic (exact) mass is 354 g/mol. The van der Waals surface area contributed by atoms with Gasteiger partial charge in [0.2, 0.25) is 5.91 Å². The van der Waals surface area contributed by atoms with Crippen LogP contribution >= 0.6 is 0 Å². The summed E-state index contributed by atoms with van der Waals surface area (Å²) < 4.78 is 4.77. The molecule has 2 rings (SSSR count). The van der Waals surface area contributed by atoms with E-state index in [1.165, 1.54) is 7.11 Å². The number of hydrogen-bond donors (Lipinski definition) is 2. The largest absolute Gasteiger partial charge is 0.467 e. The predicted octanol–water partition coefficient (Wildman–Crippen LogP) is 1.63. The third-order valence-corrected chi connectivity index (χ3v) is 3.79. The van der Waals surface area contributed by atoms with Crippen LogP contribution in [0.5, 0.6) is 0 Å². The molecule has 2 aromatic carbocycles. The van der Waals surface area contributed by atoms with Crippen molar-refractivity contribution in [2.75, 3.05) is 13.7 Å². The SMILES string of the molecule is COC(=O)[C@H](Cc1cccc(C)c1)NC(=O)CNC(=O)c1ccccc1. The summed E-state index contributed by atoms with van der Waals surface area (Å²) in [7, 11) is 1.27. The number of benzene rings is 2. The molecule has 0 aromatic heterocycles. The van der Waals surface area contributed by atoms with E-state index >= 15 is 0 Å². The number of rotatable bonds is 7. The number of hydrogen-bond acceptors (Lipinski definition) is 4. The molecule has 136 valence electrons. The highest BCUT2D eigenvalue weighted by Gasteiger charge is 2.22. The van der Waals surface area contributed by atoms with Gasteiger partial charge < -0.3 is 15.4 Å². The molecular weight excluding hydrogens is 332 g/mol. The maximum Gasteiger partial charge on any atom is 0.328 e. The number of carbonyl (C=O) groups excluding carboxylic acids is 3. The van der Waals surface area contributed by atoms with Crippen molar-refractivity contribution in [1.29, 1.82) is 0 Å².